The molecule has 0 bridgehead atoms. The van der Waals surface area contributed by atoms with Crippen LogP contribution in [-0.2, 0) is 62.4 Å². The van der Waals surface area contributed by atoms with Crippen LogP contribution >= 0.6 is 0 Å². The van der Waals surface area contributed by atoms with Gasteiger partial charge in [0.15, 0.2) is 18.5 Å². The highest BCUT2D eigenvalue weighted by Crippen LogP contribution is 2.48. The Morgan fingerprint density at radius 3 is 1.89 bits per heavy atom. The highest BCUT2D eigenvalue weighted by molar-refractivity contribution is 6.84. The van der Waals surface area contributed by atoms with E-state index in [1.807, 2.05) is 55.4 Å². The number of ether oxygens (including phenoxy) is 5. The molecule has 0 radical (unpaired) electrons. The molecular weight excluding hydrogens is 883 g/mol. The van der Waals surface area contributed by atoms with E-state index in [4.69, 9.17) is 36.7 Å². The molecular formula is C36H54F6N4O14Si2. The minimum atomic E-state index is -5.57. The second-order valence-corrected chi connectivity index (χ2v) is 25.4. The Balaban J connectivity index is 1.71. The van der Waals surface area contributed by atoms with Crippen molar-refractivity contribution < 1.29 is 82.2 Å². The lowest BCUT2D eigenvalue weighted by molar-refractivity contribution is -0.275. The van der Waals surface area contributed by atoms with Crippen LogP contribution in [0, 0.1) is 0 Å². The van der Waals surface area contributed by atoms with Crippen LogP contribution in [0.1, 0.15) is 87.4 Å². The number of rotatable bonds is 13. The summed E-state index contributed by atoms with van der Waals surface area (Å²) in [5.41, 5.74) is -2.37. The van der Waals surface area contributed by atoms with Gasteiger partial charge in [0.2, 0.25) is 0 Å². The van der Waals surface area contributed by atoms with E-state index in [1.54, 1.807) is 0 Å². The Bertz CT molecular complexity index is 1900. The predicted octanol–water partition coefficient (Wildman–Crippen LogP) is 3.61. The molecule has 0 unspecified atom stereocenters. The van der Waals surface area contributed by atoms with Crippen molar-refractivity contribution in [3.63, 3.8) is 0 Å². The van der Waals surface area contributed by atoms with Crippen LogP contribution in [0.2, 0.25) is 22.2 Å². The van der Waals surface area contributed by atoms with Gasteiger partial charge in [-0.1, -0.05) is 55.4 Å². The monoisotopic (exact) mass is 936 g/mol. The maximum Gasteiger partial charge on any atom is 0.471 e. The maximum atomic E-state index is 13.6. The second kappa shape index (κ2) is 19.6. The molecule has 3 saturated heterocycles. The molecule has 4 rings (SSSR count). The smallest absolute Gasteiger partial charge is 0.456 e. The van der Waals surface area contributed by atoms with Crippen LogP contribution in [0.25, 0.3) is 0 Å². The lowest BCUT2D eigenvalue weighted by atomic mass is 9.95. The van der Waals surface area contributed by atoms with Crippen molar-refractivity contribution in [1.29, 1.82) is 0 Å². The molecule has 1 aromatic heterocycles. The summed E-state index contributed by atoms with van der Waals surface area (Å²) in [6, 6.07) is -2.22. The second-order valence-electron chi connectivity index (χ2n) is 16.5. The van der Waals surface area contributed by atoms with E-state index < -0.39 is 127 Å². The van der Waals surface area contributed by atoms with Gasteiger partial charge < -0.3 is 47.3 Å². The van der Waals surface area contributed by atoms with Crippen molar-refractivity contribution in [1.82, 2.24) is 20.2 Å². The molecule has 0 aliphatic carbocycles. The number of carbonyl (C=O) groups is 4. The summed E-state index contributed by atoms with van der Waals surface area (Å²) in [5.74, 6) is -7.50. The van der Waals surface area contributed by atoms with Gasteiger partial charge in [0, 0.05) is 33.0 Å². The molecule has 62 heavy (non-hydrogen) atoms. The molecule has 4 heterocycles. The van der Waals surface area contributed by atoms with Crippen molar-refractivity contribution in [3.05, 3.63) is 32.6 Å². The molecule has 3 aliphatic heterocycles. The highest BCUT2D eigenvalue weighted by atomic mass is 28.5. The molecule has 0 saturated carbocycles. The van der Waals surface area contributed by atoms with Gasteiger partial charge in [0.25, 0.3) is 5.56 Å². The van der Waals surface area contributed by atoms with Crippen LogP contribution in [0.3, 0.4) is 0 Å². The molecule has 0 spiro atoms. The van der Waals surface area contributed by atoms with Crippen LogP contribution in [0.4, 0.5) is 26.3 Å². The van der Waals surface area contributed by atoms with Gasteiger partial charge in [-0.2, -0.15) is 26.3 Å². The third-order valence-electron chi connectivity index (χ3n) is 10.8. The zero-order chi connectivity index (χ0) is 46.9. The summed E-state index contributed by atoms with van der Waals surface area (Å²) in [4.78, 5) is 76.9. The van der Waals surface area contributed by atoms with E-state index in [9.17, 15) is 55.1 Å². The summed E-state index contributed by atoms with van der Waals surface area (Å²) >= 11 is 0. The fourth-order valence-corrected chi connectivity index (χ4v) is 19.1. The summed E-state index contributed by atoms with van der Waals surface area (Å²) in [6.45, 7) is 15.8. The SMILES string of the molecule is CC(=O)O[C@@H]1[C@@H](NC(=O)C(F)(F)F)[C@H](OCc2cn([C@H]3C[C@@H]4O[Si](C(C)C)(C(C)C)O[Si](C(C)C)(C(C)C)OC[C@H]4O3)c(=O)[nH]c2=O)O[C@H](CNC(=O)C(F)(F)F)[C@H]1OC(C)=O. The fourth-order valence-electron chi connectivity index (χ4n) is 7.88. The molecule has 3 fully saturated rings. The number of aromatic nitrogens is 2. The van der Waals surface area contributed by atoms with Gasteiger partial charge in [0.1, 0.15) is 24.5 Å². The third-order valence-corrected chi connectivity index (χ3v) is 21.1. The topological polar surface area (TPSA) is 221 Å². The first-order valence-corrected chi connectivity index (χ1v) is 23.8. The number of H-pyrrole nitrogens is 1. The molecule has 8 atom stereocenters. The molecule has 352 valence electrons. The van der Waals surface area contributed by atoms with Gasteiger partial charge in [-0.3, -0.25) is 33.5 Å². The summed E-state index contributed by atoms with van der Waals surface area (Å²) in [6.07, 6.45) is -20.6. The number of halogens is 6. The van der Waals surface area contributed by atoms with Gasteiger partial charge in [-0.05, 0) is 22.2 Å². The summed E-state index contributed by atoms with van der Waals surface area (Å²) < 4.78 is 130. The maximum absolute atomic E-state index is 13.6. The lowest BCUT2D eigenvalue weighted by Gasteiger charge is -2.51. The molecule has 1 aromatic rings. The molecule has 3 N–H and O–H groups in total. The van der Waals surface area contributed by atoms with E-state index in [0.717, 1.165) is 24.6 Å². The number of alkyl halides is 6. The molecule has 18 nitrogen and oxygen atoms in total. The first-order chi connectivity index (χ1) is 28.5. The number of hydrogen-bond acceptors (Lipinski definition) is 14. The molecule has 26 heteroatoms. The number of fused-ring (bicyclic) bond motifs is 1. The van der Waals surface area contributed by atoms with Gasteiger partial charge >= 0.3 is 58.9 Å². The molecule has 3 aliphatic rings. The van der Waals surface area contributed by atoms with Crippen molar-refractivity contribution in [3.8, 4) is 0 Å². The predicted molar refractivity (Wildman–Crippen MR) is 205 cm³/mol. The number of carbonyl (C=O) groups excluding carboxylic acids is 4. The largest absolute Gasteiger partial charge is 0.471 e. The van der Waals surface area contributed by atoms with Crippen molar-refractivity contribution >= 4 is 40.9 Å². The number of nitrogens with zero attached hydrogens (tertiary/aromatic N) is 1. The fraction of sp³-hybridized carbons (Fsp3) is 0.778. The van der Waals surface area contributed by atoms with Crippen LogP contribution in [0.5, 0.6) is 0 Å². The first-order valence-electron chi connectivity index (χ1n) is 19.9. The number of amides is 2. The normalized spacial score (nSPS) is 27.7. The van der Waals surface area contributed by atoms with Crippen LogP contribution < -0.4 is 21.9 Å². The minimum Gasteiger partial charge on any atom is -0.456 e. The Labute approximate surface area is 354 Å². The Morgan fingerprint density at radius 2 is 1.37 bits per heavy atom. The zero-order valence-corrected chi connectivity index (χ0v) is 37.8. The Morgan fingerprint density at radius 1 is 0.823 bits per heavy atom. The van der Waals surface area contributed by atoms with E-state index in [1.165, 1.54) is 10.6 Å². The van der Waals surface area contributed by atoms with Crippen molar-refractivity contribution in [2.45, 2.75) is 166 Å². The van der Waals surface area contributed by atoms with Crippen LogP contribution in [-0.4, -0.2) is 119 Å². The number of hydrogen-bond donors (Lipinski definition) is 3. The zero-order valence-electron chi connectivity index (χ0n) is 35.8. The molecule has 0 aromatic carbocycles. The summed E-state index contributed by atoms with van der Waals surface area (Å²) in [7, 11) is -6.08. The van der Waals surface area contributed by atoms with Gasteiger partial charge in [0.05, 0.1) is 24.9 Å². The summed E-state index contributed by atoms with van der Waals surface area (Å²) in [5, 5.41) is 3.02. The quantitative estimate of drug-likeness (QED) is 0.146. The molecule has 2 amide bonds. The Kier molecular flexibility index (Phi) is 16.1. The number of esters is 2. The van der Waals surface area contributed by atoms with E-state index in [2.05, 4.69) is 4.98 Å². The highest BCUT2D eigenvalue weighted by Gasteiger charge is 2.60. The van der Waals surface area contributed by atoms with Gasteiger partial charge in [-0.25, -0.2) is 4.79 Å². The van der Waals surface area contributed by atoms with Gasteiger partial charge in [-0.15, -0.1) is 0 Å². The minimum absolute atomic E-state index is 0.0221. The third kappa shape index (κ3) is 11.3. The Hall–Kier alpha value is -3.67. The number of nitrogens with one attached hydrogen (secondary N) is 3. The van der Waals surface area contributed by atoms with E-state index in [0.29, 0.717) is 0 Å². The standard InChI is InChI=1S/C36H54F6N4O14Si2/c1-16(2)61(17(3)4)54-15-25-23(59-62(60-61,18(5)6)19(7)8)11-26(57-25)46-13-22(30(49)45-34(46)52)14-53-31-27(44-33(51)36(40,41)42)29(56-21(10)48)28(55-20(9)47)24(58-31)12-43-32(50)35(37,38)39/h13,16-19,23-29,31H,11-12,14-15H2,1-10H3,(H,43,50)(H,44,51)(H,45,49,52)/t23-,24+,25+,26+,27+,28+,29+,31+/m0/s1. The first kappa shape index (κ1) is 51.0. The average Bonchev–Trinajstić information content (AvgIpc) is 3.51. The van der Waals surface area contributed by atoms with Crippen LogP contribution in [0.15, 0.2) is 15.8 Å². The van der Waals surface area contributed by atoms with Crippen molar-refractivity contribution in [2.24, 2.45) is 0 Å². The number of aromatic amines is 1. The lowest BCUT2D eigenvalue weighted by Crippen LogP contribution is -2.68. The average molecular weight is 937 g/mol. The van der Waals surface area contributed by atoms with Crippen molar-refractivity contribution in [2.75, 3.05) is 13.2 Å². The van der Waals surface area contributed by atoms with E-state index in [-0.39, 0.29) is 40.8 Å². The van der Waals surface area contributed by atoms with E-state index >= 15 is 0 Å².